The predicted octanol–water partition coefficient (Wildman–Crippen LogP) is 2.89. The van der Waals surface area contributed by atoms with Crippen LogP contribution in [-0.2, 0) is 0 Å². The summed E-state index contributed by atoms with van der Waals surface area (Å²) < 4.78 is 17.6. The number of hydrogen-bond donors (Lipinski definition) is 0. The van der Waals surface area contributed by atoms with E-state index in [1.165, 1.54) is 15.9 Å². The molecule has 0 fully saturated rings. The van der Waals surface area contributed by atoms with Gasteiger partial charge in [-0.15, -0.1) is 5.10 Å². The first-order valence-electron chi connectivity index (χ1n) is 9.06. The Morgan fingerprint density at radius 1 is 0.900 bits per heavy atom. The molecule has 0 atom stereocenters. The molecule has 0 saturated carbocycles. The van der Waals surface area contributed by atoms with Gasteiger partial charge in [-0.1, -0.05) is 35.6 Å². The van der Waals surface area contributed by atoms with Crippen molar-refractivity contribution in [1.29, 1.82) is 0 Å². The van der Waals surface area contributed by atoms with E-state index in [-0.39, 0.29) is 5.56 Å². The van der Waals surface area contributed by atoms with Gasteiger partial charge in [-0.05, 0) is 47.5 Å². The van der Waals surface area contributed by atoms with Crippen LogP contribution in [0, 0.1) is 0 Å². The summed E-state index contributed by atoms with van der Waals surface area (Å²) in [6, 6.07) is 13.1. The summed E-state index contributed by atoms with van der Waals surface area (Å²) in [7, 11) is 4.78. The number of methoxy groups -OCH3 is 3. The van der Waals surface area contributed by atoms with Crippen molar-refractivity contribution in [2.75, 3.05) is 21.3 Å². The number of ether oxygens (including phenoxy) is 3. The molecule has 4 aromatic rings. The van der Waals surface area contributed by atoms with E-state index in [1.54, 1.807) is 39.5 Å². The maximum Gasteiger partial charge on any atom is 0.291 e. The Labute approximate surface area is 176 Å². The van der Waals surface area contributed by atoms with E-state index in [9.17, 15) is 4.79 Å². The molecule has 7 nitrogen and oxygen atoms in total. The second-order valence-electron chi connectivity index (χ2n) is 6.30. The van der Waals surface area contributed by atoms with Gasteiger partial charge in [0.25, 0.3) is 5.56 Å². The molecule has 0 aliphatic heterocycles. The van der Waals surface area contributed by atoms with Crippen LogP contribution in [0.4, 0.5) is 0 Å². The standard InChI is InChI=1S/C22H19N3O4S/c1-27-16-8-4-14(5-9-16)7-11-20-23-22-25(24-20)21(26)19(30-22)13-15-6-10-17(28-2)18(12-15)29-3/h4-13H,1-3H3. The van der Waals surface area contributed by atoms with Gasteiger partial charge in [-0.2, -0.15) is 9.50 Å². The molecule has 0 bridgehead atoms. The van der Waals surface area contributed by atoms with Gasteiger partial charge in [0.05, 0.1) is 25.9 Å². The van der Waals surface area contributed by atoms with Crippen molar-refractivity contribution in [1.82, 2.24) is 14.6 Å². The molecule has 0 unspecified atom stereocenters. The first-order valence-corrected chi connectivity index (χ1v) is 9.88. The topological polar surface area (TPSA) is 75.0 Å². The fraction of sp³-hybridized carbons (Fsp3) is 0.136. The van der Waals surface area contributed by atoms with Crippen molar-refractivity contribution in [2.45, 2.75) is 0 Å². The SMILES string of the molecule is COc1ccc(C=Cc2nc3sc(=Cc4ccc(OC)c(OC)c4)c(=O)n3n2)cc1. The first kappa shape index (κ1) is 19.7. The molecule has 2 heterocycles. The van der Waals surface area contributed by atoms with Crippen LogP contribution >= 0.6 is 11.3 Å². The van der Waals surface area contributed by atoms with E-state index >= 15 is 0 Å². The Balaban J connectivity index is 1.63. The van der Waals surface area contributed by atoms with E-state index in [4.69, 9.17) is 14.2 Å². The zero-order valence-electron chi connectivity index (χ0n) is 16.7. The van der Waals surface area contributed by atoms with Crippen LogP contribution in [0.15, 0.2) is 47.3 Å². The summed E-state index contributed by atoms with van der Waals surface area (Å²) in [5, 5.41) is 4.31. The Kier molecular flexibility index (Phi) is 5.49. The van der Waals surface area contributed by atoms with Crippen molar-refractivity contribution in [2.24, 2.45) is 0 Å². The van der Waals surface area contributed by atoms with Gasteiger partial charge in [0.1, 0.15) is 5.75 Å². The average Bonchev–Trinajstić information content (AvgIpc) is 3.31. The van der Waals surface area contributed by atoms with E-state index in [0.29, 0.717) is 26.8 Å². The lowest BCUT2D eigenvalue weighted by molar-refractivity contribution is 0.355. The van der Waals surface area contributed by atoms with Crippen LogP contribution in [0.3, 0.4) is 0 Å². The lowest BCUT2D eigenvalue weighted by Gasteiger charge is -2.07. The monoisotopic (exact) mass is 421 g/mol. The van der Waals surface area contributed by atoms with Crippen molar-refractivity contribution in [3.05, 3.63) is 74.3 Å². The van der Waals surface area contributed by atoms with Gasteiger partial charge in [0.15, 0.2) is 17.3 Å². The minimum absolute atomic E-state index is 0.207. The highest BCUT2D eigenvalue weighted by Gasteiger charge is 2.10. The molecular weight excluding hydrogens is 402 g/mol. The highest BCUT2D eigenvalue weighted by atomic mass is 32.1. The second-order valence-corrected chi connectivity index (χ2v) is 7.31. The Hall–Kier alpha value is -3.65. The summed E-state index contributed by atoms with van der Waals surface area (Å²) in [5.74, 6) is 2.51. The zero-order chi connectivity index (χ0) is 21.1. The average molecular weight is 421 g/mol. The Bertz CT molecular complexity index is 1320. The molecular formula is C22H19N3O4S. The minimum atomic E-state index is -0.207. The number of nitrogens with zero attached hydrogens (tertiary/aromatic N) is 3. The van der Waals surface area contributed by atoms with Crippen LogP contribution in [0.5, 0.6) is 17.2 Å². The van der Waals surface area contributed by atoms with Gasteiger partial charge >= 0.3 is 0 Å². The summed E-state index contributed by atoms with van der Waals surface area (Å²) in [6.45, 7) is 0. The van der Waals surface area contributed by atoms with E-state index in [0.717, 1.165) is 16.9 Å². The molecule has 0 spiro atoms. The highest BCUT2D eigenvalue weighted by Crippen LogP contribution is 2.27. The Morgan fingerprint density at radius 3 is 2.30 bits per heavy atom. The van der Waals surface area contributed by atoms with Crippen LogP contribution in [-0.4, -0.2) is 35.9 Å². The van der Waals surface area contributed by atoms with Crippen LogP contribution in [0.2, 0.25) is 0 Å². The van der Waals surface area contributed by atoms with E-state index < -0.39 is 0 Å². The number of hydrogen-bond acceptors (Lipinski definition) is 7. The molecule has 152 valence electrons. The largest absolute Gasteiger partial charge is 0.497 e. The minimum Gasteiger partial charge on any atom is -0.497 e. The molecule has 4 rings (SSSR count). The zero-order valence-corrected chi connectivity index (χ0v) is 17.5. The lowest BCUT2D eigenvalue weighted by atomic mass is 10.2. The lowest BCUT2D eigenvalue weighted by Crippen LogP contribution is -2.23. The maximum atomic E-state index is 12.7. The fourth-order valence-electron chi connectivity index (χ4n) is 2.90. The normalized spacial score (nSPS) is 12.0. The number of benzene rings is 2. The molecule has 30 heavy (non-hydrogen) atoms. The van der Waals surface area contributed by atoms with E-state index in [1.807, 2.05) is 42.5 Å². The van der Waals surface area contributed by atoms with Crippen LogP contribution in [0.1, 0.15) is 17.0 Å². The van der Waals surface area contributed by atoms with Crippen molar-refractivity contribution < 1.29 is 14.2 Å². The van der Waals surface area contributed by atoms with Crippen molar-refractivity contribution in [3.63, 3.8) is 0 Å². The third kappa shape index (κ3) is 3.90. The summed E-state index contributed by atoms with van der Waals surface area (Å²) in [5.41, 5.74) is 1.61. The third-order valence-corrected chi connectivity index (χ3v) is 5.40. The molecule has 0 N–H and O–H groups in total. The van der Waals surface area contributed by atoms with Gasteiger partial charge in [-0.25, -0.2) is 0 Å². The smallest absolute Gasteiger partial charge is 0.291 e. The Morgan fingerprint density at radius 2 is 1.63 bits per heavy atom. The molecule has 0 aliphatic rings. The quantitative estimate of drug-likeness (QED) is 0.477. The summed E-state index contributed by atoms with van der Waals surface area (Å²) >= 11 is 1.29. The molecule has 0 radical (unpaired) electrons. The molecule has 0 amide bonds. The number of fused-ring (bicyclic) bond motifs is 1. The number of aromatic nitrogens is 3. The van der Waals surface area contributed by atoms with Crippen molar-refractivity contribution in [3.8, 4) is 17.2 Å². The number of thiazole rings is 1. The summed E-state index contributed by atoms with van der Waals surface area (Å²) in [6.07, 6.45) is 5.46. The molecule has 0 aliphatic carbocycles. The van der Waals surface area contributed by atoms with Crippen LogP contribution < -0.4 is 24.3 Å². The second kappa shape index (κ2) is 8.38. The molecule has 0 saturated heterocycles. The maximum absolute atomic E-state index is 12.7. The number of rotatable bonds is 6. The summed E-state index contributed by atoms with van der Waals surface area (Å²) in [4.78, 5) is 17.7. The van der Waals surface area contributed by atoms with Gasteiger partial charge in [-0.3, -0.25) is 4.79 Å². The molecule has 2 aromatic carbocycles. The fourth-order valence-corrected chi connectivity index (χ4v) is 3.81. The van der Waals surface area contributed by atoms with E-state index in [2.05, 4.69) is 10.1 Å². The van der Waals surface area contributed by atoms with Gasteiger partial charge in [0, 0.05) is 0 Å². The third-order valence-electron chi connectivity index (χ3n) is 4.44. The first-order chi connectivity index (χ1) is 14.6. The predicted molar refractivity (Wildman–Crippen MR) is 117 cm³/mol. The molecule has 2 aromatic heterocycles. The van der Waals surface area contributed by atoms with Crippen LogP contribution in [0.25, 0.3) is 23.2 Å². The van der Waals surface area contributed by atoms with Gasteiger partial charge < -0.3 is 14.2 Å². The molecule has 8 heteroatoms. The van der Waals surface area contributed by atoms with Crippen molar-refractivity contribution >= 4 is 34.5 Å². The highest BCUT2D eigenvalue weighted by molar-refractivity contribution is 7.15. The van der Waals surface area contributed by atoms with Gasteiger partial charge in [0.2, 0.25) is 4.96 Å².